The van der Waals surface area contributed by atoms with Crippen molar-refractivity contribution in [2.45, 2.75) is 19.3 Å². The molecule has 0 aliphatic carbocycles. The van der Waals surface area contributed by atoms with E-state index in [0.717, 1.165) is 0 Å². The van der Waals surface area contributed by atoms with Gasteiger partial charge in [-0.1, -0.05) is 6.92 Å². The average molecular weight is 310 g/mol. The zero-order valence-corrected chi connectivity index (χ0v) is 12.8. The lowest BCUT2D eigenvalue weighted by Crippen LogP contribution is -2.35. The van der Waals surface area contributed by atoms with Gasteiger partial charge in [0.1, 0.15) is 11.6 Å². The van der Waals surface area contributed by atoms with E-state index in [9.17, 15) is 14.0 Å². The van der Waals surface area contributed by atoms with Crippen molar-refractivity contribution in [3.05, 3.63) is 29.6 Å². The molecule has 0 saturated carbocycles. The average Bonchev–Trinajstić information content (AvgIpc) is 2.52. The summed E-state index contributed by atoms with van der Waals surface area (Å²) >= 11 is 0. The normalized spacial score (nSPS) is 21.3. The van der Waals surface area contributed by atoms with Crippen molar-refractivity contribution in [1.82, 2.24) is 0 Å². The third-order valence-electron chi connectivity index (χ3n) is 4.06. The first-order valence-electron chi connectivity index (χ1n) is 7.04. The Hall–Kier alpha value is -2.11. The van der Waals surface area contributed by atoms with E-state index in [0.29, 0.717) is 11.3 Å². The molecule has 0 aromatic heterocycles. The second-order valence-electron chi connectivity index (χ2n) is 5.37. The van der Waals surface area contributed by atoms with E-state index in [-0.39, 0.29) is 24.9 Å². The molecular weight excluding hydrogens is 291 g/mol. The highest BCUT2D eigenvalue weighted by atomic mass is 19.1. The molecule has 0 fully saturated rings. The Morgan fingerprint density at radius 1 is 1.36 bits per heavy atom. The maximum absolute atomic E-state index is 13.6. The summed E-state index contributed by atoms with van der Waals surface area (Å²) in [5, 5.41) is 0. The fraction of sp³-hybridized carbons (Fsp3) is 0.500. The van der Waals surface area contributed by atoms with Gasteiger partial charge in [0.25, 0.3) is 0 Å². The molecule has 0 saturated heterocycles. The minimum Gasteiger partial charge on any atom is -0.493 e. The lowest BCUT2D eigenvalue weighted by atomic mass is 9.74. The van der Waals surface area contributed by atoms with E-state index in [1.807, 2.05) is 0 Å². The molecule has 120 valence electrons. The van der Waals surface area contributed by atoms with Gasteiger partial charge in [-0.2, -0.15) is 0 Å². The standard InChI is InChI=1S/C16H19FO5/c1-9(16(19)21-3)15-10(6-14(18)20-2)8-22-13-5-4-11(17)7-12(13)15/h4-5,7,9-10,15H,6,8H2,1-3H3. The maximum Gasteiger partial charge on any atom is 0.309 e. The number of methoxy groups -OCH3 is 2. The quantitative estimate of drug-likeness (QED) is 0.799. The van der Waals surface area contributed by atoms with E-state index in [1.165, 1.54) is 32.4 Å². The lowest BCUT2D eigenvalue weighted by molar-refractivity contribution is -0.148. The smallest absolute Gasteiger partial charge is 0.309 e. The van der Waals surface area contributed by atoms with Crippen LogP contribution in [-0.4, -0.2) is 32.8 Å². The third kappa shape index (κ3) is 3.21. The highest BCUT2D eigenvalue weighted by Gasteiger charge is 2.39. The number of rotatable bonds is 4. The summed E-state index contributed by atoms with van der Waals surface area (Å²) in [5.41, 5.74) is 0.582. The van der Waals surface area contributed by atoms with Crippen molar-refractivity contribution >= 4 is 11.9 Å². The van der Waals surface area contributed by atoms with Gasteiger partial charge in [-0.15, -0.1) is 0 Å². The predicted octanol–water partition coefficient (Wildman–Crippen LogP) is 2.29. The molecule has 22 heavy (non-hydrogen) atoms. The molecule has 2 rings (SSSR count). The highest BCUT2D eigenvalue weighted by molar-refractivity contribution is 5.74. The molecule has 1 aromatic rings. The van der Waals surface area contributed by atoms with E-state index >= 15 is 0 Å². The summed E-state index contributed by atoms with van der Waals surface area (Å²) in [7, 11) is 2.61. The highest BCUT2D eigenvalue weighted by Crippen LogP contribution is 2.43. The Kier molecular flexibility index (Phi) is 5.00. The SMILES string of the molecule is COC(=O)CC1COc2ccc(F)cc2C1C(C)C(=O)OC. The number of hydrogen-bond donors (Lipinski definition) is 0. The molecule has 0 amide bonds. The van der Waals surface area contributed by atoms with Gasteiger partial charge in [-0.05, 0) is 18.2 Å². The Bertz CT molecular complexity index is 572. The first-order chi connectivity index (χ1) is 10.5. The van der Waals surface area contributed by atoms with Crippen LogP contribution < -0.4 is 4.74 Å². The van der Waals surface area contributed by atoms with Gasteiger partial charge >= 0.3 is 11.9 Å². The van der Waals surface area contributed by atoms with Crippen LogP contribution in [-0.2, 0) is 19.1 Å². The van der Waals surface area contributed by atoms with Crippen LogP contribution in [0, 0.1) is 17.7 Å². The third-order valence-corrected chi connectivity index (χ3v) is 4.06. The van der Waals surface area contributed by atoms with E-state index in [1.54, 1.807) is 6.92 Å². The molecule has 0 N–H and O–H groups in total. The van der Waals surface area contributed by atoms with Gasteiger partial charge in [0, 0.05) is 17.4 Å². The summed E-state index contributed by atoms with van der Waals surface area (Å²) in [4.78, 5) is 23.5. The van der Waals surface area contributed by atoms with E-state index in [2.05, 4.69) is 0 Å². The fourth-order valence-corrected chi connectivity index (χ4v) is 2.96. The maximum atomic E-state index is 13.6. The number of carbonyl (C=O) groups is 2. The lowest BCUT2D eigenvalue weighted by Gasteiger charge is -2.35. The van der Waals surface area contributed by atoms with Crippen molar-refractivity contribution in [2.24, 2.45) is 11.8 Å². The van der Waals surface area contributed by atoms with Gasteiger partial charge in [0.15, 0.2) is 0 Å². The van der Waals surface area contributed by atoms with Gasteiger partial charge in [0.2, 0.25) is 0 Å². The molecular formula is C16H19FO5. The molecule has 1 aliphatic heterocycles. The molecule has 0 bridgehead atoms. The summed E-state index contributed by atoms with van der Waals surface area (Å²) in [5.74, 6) is -1.86. The second kappa shape index (κ2) is 6.77. The number of halogens is 1. The number of carbonyl (C=O) groups excluding carboxylic acids is 2. The van der Waals surface area contributed by atoms with Crippen LogP contribution in [0.2, 0.25) is 0 Å². The van der Waals surface area contributed by atoms with E-state index in [4.69, 9.17) is 14.2 Å². The summed E-state index contributed by atoms with van der Waals surface area (Å²) < 4.78 is 28.7. The second-order valence-corrected chi connectivity index (χ2v) is 5.37. The number of hydrogen-bond acceptors (Lipinski definition) is 5. The van der Waals surface area contributed by atoms with Crippen molar-refractivity contribution in [3.8, 4) is 5.75 Å². The molecule has 6 heteroatoms. The van der Waals surface area contributed by atoms with Gasteiger partial charge in [-0.3, -0.25) is 9.59 Å². The molecule has 3 unspecified atom stereocenters. The van der Waals surface area contributed by atoms with Crippen LogP contribution in [0.15, 0.2) is 18.2 Å². The Labute approximate surface area is 128 Å². The largest absolute Gasteiger partial charge is 0.493 e. The van der Waals surface area contributed by atoms with Crippen molar-refractivity contribution in [3.63, 3.8) is 0 Å². The first-order valence-corrected chi connectivity index (χ1v) is 7.04. The number of benzene rings is 1. The van der Waals surface area contributed by atoms with Gasteiger partial charge in [-0.25, -0.2) is 4.39 Å². The molecule has 3 atom stereocenters. The van der Waals surface area contributed by atoms with Crippen LogP contribution in [0.25, 0.3) is 0 Å². The monoisotopic (exact) mass is 310 g/mol. The Morgan fingerprint density at radius 3 is 2.73 bits per heavy atom. The van der Waals surface area contributed by atoms with Crippen LogP contribution in [0.4, 0.5) is 4.39 Å². The fourth-order valence-electron chi connectivity index (χ4n) is 2.96. The predicted molar refractivity (Wildman–Crippen MR) is 75.9 cm³/mol. The molecule has 0 spiro atoms. The minimum atomic E-state index is -0.524. The van der Waals surface area contributed by atoms with Gasteiger partial charge in [0.05, 0.1) is 33.2 Å². The number of esters is 2. The van der Waals surface area contributed by atoms with E-state index < -0.39 is 23.7 Å². The summed E-state index contributed by atoms with van der Waals surface area (Å²) in [6, 6.07) is 4.19. The van der Waals surface area contributed by atoms with Crippen molar-refractivity contribution in [2.75, 3.05) is 20.8 Å². The van der Waals surface area contributed by atoms with Crippen LogP contribution in [0.3, 0.4) is 0 Å². The van der Waals surface area contributed by atoms with Crippen molar-refractivity contribution in [1.29, 1.82) is 0 Å². The van der Waals surface area contributed by atoms with Crippen LogP contribution in [0.1, 0.15) is 24.8 Å². The molecule has 1 aromatic carbocycles. The molecule has 1 heterocycles. The molecule has 0 radical (unpaired) electrons. The Morgan fingerprint density at radius 2 is 2.09 bits per heavy atom. The van der Waals surface area contributed by atoms with Gasteiger partial charge < -0.3 is 14.2 Å². The number of fused-ring (bicyclic) bond motifs is 1. The Balaban J connectivity index is 2.40. The summed E-state index contributed by atoms with van der Waals surface area (Å²) in [6.45, 7) is 1.97. The topological polar surface area (TPSA) is 61.8 Å². The molecule has 5 nitrogen and oxygen atoms in total. The van der Waals surface area contributed by atoms with Crippen molar-refractivity contribution < 1.29 is 28.2 Å². The summed E-state index contributed by atoms with van der Waals surface area (Å²) in [6.07, 6.45) is 0.0957. The minimum absolute atomic E-state index is 0.0957. The molecule has 1 aliphatic rings. The number of ether oxygens (including phenoxy) is 3. The zero-order chi connectivity index (χ0) is 16.3. The zero-order valence-electron chi connectivity index (χ0n) is 12.8. The van der Waals surface area contributed by atoms with Crippen LogP contribution >= 0.6 is 0 Å². The first kappa shape index (κ1) is 16.3. The van der Waals surface area contributed by atoms with Crippen LogP contribution in [0.5, 0.6) is 5.75 Å².